The molecule has 1 aromatic carbocycles. The predicted octanol–water partition coefficient (Wildman–Crippen LogP) is 2.21. The Morgan fingerprint density at radius 3 is 2.94 bits per heavy atom. The van der Waals surface area contributed by atoms with E-state index in [0.717, 1.165) is 22.6 Å². The molecule has 0 saturated carbocycles. The number of rotatable bonds is 1. The van der Waals surface area contributed by atoms with Crippen LogP contribution in [-0.2, 0) is 4.79 Å². The lowest BCUT2D eigenvalue weighted by molar-refractivity contribution is -0.114. The van der Waals surface area contributed by atoms with Gasteiger partial charge in [0.1, 0.15) is 12.4 Å². The maximum Gasteiger partial charge on any atom is 0.250 e. The van der Waals surface area contributed by atoms with Crippen molar-refractivity contribution in [1.82, 2.24) is 0 Å². The molecule has 0 atom stereocenters. The first-order chi connectivity index (χ1) is 7.63. The maximum atomic E-state index is 11.7. The molecule has 16 heavy (non-hydrogen) atoms. The van der Waals surface area contributed by atoms with Crippen LogP contribution in [0.3, 0.4) is 0 Å². The molecular weight excluding hydrogens is 202 g/mol. The van der Waals surface area contributed by atoms with Crippen molar-refractivity contribution in [2.24, 2.45) is 0 Å². The summed E-state index contributed by atoms with van der Waals surface area (Å²) in [5.74, 6) is 0.738. The number of aryl methyl sites for hydroxylation is 2. The first-order valence-electron chi connectivity index (χ1n) is 5.31. The summed E-state index contributed by atoms with van der Waals surface area (Å²) in [7, 11) is 0. The van der Waals surface area contributed by atoms with E-state index in [0.29, 0.717) is 13.2 Å². The fourth-order valence-electron chi connectivity index (χ4n) is 2.02. The highest BCUT2D eigenvalue weighted by molar-refractivity contribution is 6.02. The molecule has 1 aliphatic heterocycles. The van der Waals surface area contributed by atoms with Crippen LogP contribution in [0.4, 0.5) is 5.69 Å². The van der Waals surface area contributed by atoms with Crippen molar-refractivity contribution < 1.29 is 9.53 Å². The summed E-state index contributed by atoms with van der Waals surface area (Å²) < 4.78 is 5.61. The largest absolute Gasteiger partial charge is 0.489 e. The molecule has 0 aromatic heterocycles. The standard InChI is InChI=1S/C13H15NO2/c1-4-12(15)14-5-6-16-13-10(3)7-9(2)8-11(13)14/h4,7-8H,1,5-6H2,2-3H3. The zero-order valence-corrected chi connectivity index (χ0v) is 9.62. The Balaban J connectivity index is 2.53. The highest BCUT2D eigenvalue weighted by Crippen LogP contribution is 2.35. The Labute approximate surface area is 95.3 Å². The van der Waals surface area contributed by atoms with Crippen LogP contribution in [-0.4, -0.2) is 19.1 Å². The van der Waals surface area contributed by atoms with Gasteiger partial charge < -0.3 is 9.64 Å². The lowest BCUT2D eigenvalue weighted by atomic mass is 10.1. The van der Waals surface area contributed by atoms with Gasteiger partial charge in [-0.2, -0.15) is 0 Å². The topological polar surface area (TPSA) is 29.5 Å². The average molecular weight is 217 g/mol. The Bertz CT molecular complexity index is 451. The van der Waals surface area contributed by atoms with Crippen LogP contribution in [0.1, 0.15) is 11.1 Å². The molecule has 0 aliphatic carbocycles. The van der Waals surface area contributed by atoms with Crippen molar-refractivity contribution in [2.75, 3.05) is 18.1 Å². The smallest absolute Gasteiger partial charge is 0.250 e. The zero-order chi connectivity index (χ0) is 11.7. The zero-order valence-electron chi connectivity index (χ0n) is 9.62. The molecule has 84 valence electrons. The fraction of sp³-hybridized carbons (Fsp3) is 0.308. The molecule has 3 heteroatoms. The molecule has 2 rings (SSSR count). The molecule has 0 spiro atoms. The van der Waals surface area contributed by atoms with E-state index < -0.39 is 0 Å². The van der Waals surface area contributed by atoms with Crippen molar-refractivity contribution in [3.05, 3.63) is 35.9 Å². The third kappa shape index (κ3) is 1.69. The van der Waals surface area contributed by atoms with Crippen molar-refractivity contribution in [1.29, 1.82) is 0 Å². The second-order valence-corrected chi connectivity index (χ2v) is 3.97. The van der Waals surface area contributed by atoms with Crippen molar-refractivity contribution >= 4 is 11.6 Å². The quantitative estimate of drug-likeness (QED) is 0.675. The lowest BCUT2D eigenvalue weighted by Crippen LogP contribution is -2.37. The second-order valence-electron chi connectivity index (χ2n) is 3.97. The van der Waals surface area contributed by atoms with Crippen LogP contribution in [0, 0.1) is 13.8 Å². The molecular formula is C13H15NO2. The summed E-state index contributed by atoms with van der Waals surface area (Å²) in [5, 5.41) is 0. The van der Waals surface area contributed by atoms with Crippen LogP contribution in [0.5, 0.6) is 5.75 Å². The Morgan fingerprint density at radius 2 is 2.25 bits per heavy atom. The molecule has 1 heterocycles. The molecule has 1 amide bonds. The molecule has 0 N–H and O–H groups in total. The summed E-state index contributed by atoms with van der Waals surface area (Å²) in [6.07, 6.45) is 1.34. The number of ether oxygens (including phenoxy) is 1. The van der Waals surface area contributed by atoms with Gasteiger partial charge in [-0.3, -0.25) is 4.79 Å². The van der Waals surface area contributed by atoms with E-state index in [-0.39, 0.29) is 5.91 Å². The molecule has 0 radical (unpaired) electrons. The normalized spacial score (nSPS) is 14.0. The van der Waals surface area contributed by atoms with E-state index in [1.54, 1.807) is 4.90 Å². The van der Waals surface area contributed by atoms with Gasteiger partial charge in [-0.05, 0) is 37.1 Å². The summed E-state index contributed by atoms with van der Waals surface area (Å²) >= 11 is 0. The number of nitrogens with zero attached hydrogens (tertiary/aromatic N) is 1. The number of benzene rings is 1. The predicted molar refractivity (Wildman–Crippen MR) is 64.0 cm³/mol. The SMILES string of the molecule is C=CC(=O)N1CCOc2c(C)cc(C)cc21. The van der Waals surface area contributed by atoms with Gasteiger partial charge in [0.2, 0.25) is 0 Å². The Hall–Kier alpha value is -1.77. The molecule has 1 aromatic rings. The van der Waals surface area contributed by atoms with Gasteiger partial charge in [0.05, 0.1) is 12.2 Å². The van der Waals surface area contributed by atoms with E-state index in [9.17, 15) is 4.79 Å². The number of hydrogen-bond donors (Lipinski definition) is 0. The van der Waals surface area contributed by atoms with Gasteiger partial charge in [0.15, 0.2) is 0 Å². The van der Waals surface area contributed by atoms with Gasteiger partial charge in [0.25, 0.3) is 5.91 Å². The number of hydrogen-bond acceptors (Lipinski definition) is 2. The number of carbonyl (C=O) groups excluding carboxylic acids is 1. The van der Waals surface area contributed by atoms with Crippen molar-refractivity contribution in [2.45, 2.75) is 13.8 Å². The van der Waals surface area contributed by atoms with Crippen LogP contribution >= 0.6 is 0 Å². The van der Waals surface area contributed by atoms with Gasteiger partial charge >= 0.3 is 0 Å². The first-order valence-corrected chi connectivity index (χ1v) is 5.31. The van der Waals surface area contributed by atoms with Crippen molar-refractivity contribution in [3.8, 4) is 5.75 Å². The Kier molecular flexibility index (Phi) is 2.69. The number of anilines is 1. The third-order valence-corrected chi connectivity index (χ3v) is 2.69. The number of amides is 1. The minimum Gasteiger partial charge on any atom is -0.489 e. The minimum atomic E-state index is -0.0745. The maximum absolute atomic E-state index is 11.7. The van der Waals surface area contributed by atoms with E-state index >= 15 is 0 Å². The molecule has 3 nitrogen and oxygen atoms in total. The molecule has 0 fully saturated rings. The van der Waals surface area contributed by atoms with Gasteiger partial charge in [-0.25, -0.2) is 0 Å². The van der Waals surface area contributed by atoms with Crippen LogP contribution in [0.2, 0.25) is 0 Å². The summed E-state index contributed by atoms with van der Waals surface area (Å²) in [6, 6.07) is 4.03. The number of fused-ring (bicyclic) bond motifs is 1. The highest BCUT2D eigenvalue weighted by Gasteiger charge is 2.23. The van der Waals surface area contributed by atoms with Crippen LogP contribution in [0.15, 0.2) is 24.8 Å². The average Bonchev–Trinajstić information content (AvgIpc) is 2.27. The first kappa shape index (κ1) is 10.7. The van der Waals surface area contributed by atoms with Gasteiger partial charge in [-0.15, -0.1) is 0 Å². The Morgan fingerprint density at radius 1 is 1.50 bits per heavy atom. The van der Waals surface area contributed by atoms with Crippen LogP contribution in [0.25, 0.3) is 0 Å². The molecule has 0 bridgehead atoms. The van der Waals surface area contributed by atoms with E-state index in [1.165, 1.54) is 6.08 Å². The summed E-state index contributed by atoms with van der Waals surface area (Å²) in [5.41, 5.74) is 3.05. The lowest BCUT2D eigenvalue weighted by Gasteiger charge is -2.30. The summed E-state index contributed by atoms with van der Waals surface area (Å²) in [6.45, 7) is 8.65. The van der Waals surface area contributed by atoms with Gasteiger partial charge in [-0.1, -0.05) is 12.6 Å². The van der Waals surface area contributed by atoms with E-state index in [2.05, 4.69) is 12.6 Å². The van der Waals surface area contributed by atoms with Crippen LogP contribution < -0.4 is 9.64 Å². The van der Waals surface area contributed by atoms with E-state index in [4.69, 9.17) is 4.74 Å². The van der Waals surface area contributed by atoms with E-state index in [1.807, 2.05) is 19.9 Å². The summed E-state index contributed by atoms with van der Waals surface area (Å²) in [4.78, 5) is 13.4. The number of carbonyl (C=O) groups is 1. The molecule has 0 unspecified atom stereocenters. The monoisotopic (exact) mass is 217 g/mol. The fourth-order valence-corrected chi connectivity index (χ4v) is 2.02. The highest BCUT2D eigenvalue weighted by atomic mass is 16.5. The van der Waals surface area contributed by atoms with Gasteiger partial charge in [0, 0.05) is 0 Å². The molecule has 1 aliphatic rings. The molecule has 0 saturated heterocycles. The minimum absolute atomic E-state index is 0.0745. The van der Waals surface area contributed by atoms with Crippen molar-refractivity contribution in [3.63, 3.8) is 0 Å². The second kappa shape index (κ2) is 4.00. The third-order valence-electron chi connectivity index (χ3n) is 2.69.